The summed E-state index contributed by atoms with van der Waals surface area (Å²) in [6, 6.07) is 0. The van der Waals surface area contributed by atoms with Crippen molar-refractivity contribution in [2.24, 2.45) is 0 Å². The lowest BCUT2D eigenvalue weighted by Crippen LogP contribution is -2.17. The van der Waals surface area contributed by atoms with Crippen molar-refractivity contribution in [1.29, 1.82) is 0 Å². The van der Waals surface area contributed by atoms with Gasteiger partial charge in [0.15, 0.2) is 0 Å². The molecule has 0 aliphatic rings. The van der Waals surface area contributed by atoms with E-state index in [4.69, 9.17) is 0 Å². The van der Waals surface area contributed by atoms with Gasteiger partial charge in [-0.15, -0.1) is 0 Å². The topological polar surface area (TPSA) is 29.1 Å². The Kier molecular flexibility index (Phi) is 4.86. The summed E-state index contributed by atoms with van der Waals surface area (Å²) in [4.78, 5) is 10.6. The van der Waals surface area contributed by atoms with Crippen LogP contribution in [0, 0.1) is 0 Å². The minimum atomic E-state index is -0.0519. The Balaban J connectivity index is 4.27. The average molecular weight is 218 g/mol. The maximum absolute atomic E-state index is 10.6. The van der Waals surface area contributed by atoms with E-state index in [0.717, 1.165) is 10.2 Å². The first kappa shape index (κ1) is 10.4. The van der Waals surface area contributed by atoms with Crippen LogP contribution in [-0.4, -0.2) is 5.91 Å². The van der Waals surface area contributed by atoms with Crippen LogP contribution in [0.5, 0.6) is 0 Å². The molecule has 0 aromatic heterocycles. The van der Waals surface area contributed by atoms with Crippen LogP contribution in [0.1, 0.15) is 20.8 Å². The third-order valence-electron chi connectivity index (χ3n) is 1.03. The molecule has 0 unspecified atom stereocenters. The lowest BCUT2D eigenvalue weighted by Gasteiger charge is -2.01. The third kappa shape index (κ3) is 4.79. The minimum Gasteiger partial charge on any atom is -0.329 e. The first-order valence-electron chi connectivity index (χ1n) is 3.34. The van der Waals surface area contributed by atoms with Crippen molar-refractivity contribution in [3.63, 3.8) is 0 Å². The van der Waals surface area contributed by atoms with Crippen LogP contribution in [0.2, 0.25) is 0 Å². The predicted octanol–water partition coefficient (Wildman–Crippen LogP) is 2.33. The molecule has 0 saturated carbocycles. The fourth-order valence-corrected chi connectivity index (χ4v) is 0.959. The van der Waals surface area contributed by atoms with Gasteiger partial charge in [-0.2, -0.15) is 0 Å². The average Bonchev–Trinajstić information content (AvgIpc) is 1.86. The van der Waals surface area contributed by atoms with Gasteiger partial charge in [-0.1, -0.05) is 12.2 Å². The molecule has 2 nitrogen and oxygen atoms in total. The number of carbonyl (C=O) groups excluding carboxylic acids is 1. The zero-order valence-corrected chi connectivity index (χ0v) is 8.53. The summed E-state index contributed by atoms with van der Waals surface area (Å²) < 4.78 is 0.898. The molecule has 1 amide bonds. The Morgan fingerprint density at radius 3 is 2.36 bits per heavy atom. The van der Waals surface area contributed by atoms with Crippen LogP contribution in [0.25, 0.3) is 0 Å². The largest absolute Gasteiger partial charge is 0.329 e. The van der Waals surface area contributed by atoms with Crippen molar-refractivity contribution >= 4 is 21.8 Å². The van der Waals surface area contributed by atoms with Crippen LogP contribution in [0.15, 0.2) is 22.3 Å². The number of allylic oxidation sites excluding steroid dienone is 4. The van der Waals surface area contributed by atoms with E-state index in [2.05, 4.69) is 21.2 Å². The number of amides is 1. The third-order valence-corrected chi connectivity index (χ3v) is 1.89. The number of rotatable bonds is 2. The van der Waals surface area contributed by atoms with Crippen molar-refractivity contribution in [3.8, 4) is 0 Å². The first-order chi connectivity index (χ1) is 5.07. The van der Waals surface area contributed by atoms with Crippen LogP contribution < -0.4 is 5.32 Å². The van der Waals surface area contributed by atoms with E-state index in [1.54, 1.807) is 0 Å². The lowest BCUT2D eigenvalue weighted by atomic mass is 10.4. The van der Waals surface area contributed by atoms with Crippen LogP contribution in [-0.2, 0) is 4.79 Å². The van der Waals surface area contributed by atoms with Crippen molar-refractivity contribution < 1.29 is 4.79 Å². The second-order valence-electron chi connectivity index (χ2n) is 2.15. The van der Waals surface area contributed by atoms with Gasteiger partial charge in [-0.25, -0.2) is 0 Å². The zero-order valence-electron chi connectivity index (χ0n) is 6.94. The standard InChI is InChI=1S/C8H12BrNO/c1-4-5-8(9)6(2)10-7(3)11/h4-5H,1-3H3,(H,10,11). The molecule has 0 radical (unpaired) electrons. The number of carbonyl (C=O) groups is 1. The van der Waals surface area contributed by atoms with E-state index in [0.29, 0.717) is 0 Å². The molecule has 0 rings (SSSR count). The summed E-state index contributed by atoms with van der Waals surface area (Å²) in [6.07, 6.45) is 3.78. The molecular formula is C8H12BrNO. The number of nitrogens with one attached hydrogen (secondary N) is 1. The quantitative estimate of drug-likeness (QED) is 0.708. The van der Waals surface area contributed by atoms with Gasteiger partial charge in [0.1, 0.15) is 0 Å². The van der Waals surface area contributed by atoms with Crippen LogP contribution in [0.4, 0.5) is 0 Å². The monoisotopic (exact) mass is 217 g/mol. The maximum Gasteiger partial charge on any atom is 0.221 e. The van der Waals surface area contributed by atoms with E-state index in [-0.39, 0.29) is 5.91 Å². The van der Waals surface area contributed by atoms with E-state index in [1.807, 2.05) is 26.0 Å². The van der Waals surface area contributed by atoms with Crippen LogP contribution >= 0.6 is 15.9 Å². The Morgan fingerprint density at radius 2 is 2.00 bits per heavy atom. The zero-order chi connectivity index (χ0) is 8.85. The van der Waals surface area contributed by atoms with Gasteiger partial charge in [-0.3, -0.25) is 4.79 Å². The molecule has 1 N–H and O–H groups in total. The summed E-state index contributed by atoms with van der Waals surface area (Å²) in [5, 5.41) is 2.67. The van der Waals surface area contributed by atoms with Gasteiger partial charge < -0.3 is 5.32 Å². The second-order valence-corrected chi connectivity index (χ2v) is 3.01. The summed E-state index contributed by atoms with van der Waals surface area (Å²) in [7, 11) is 0. The van der Waals surface area contributed by atoms with Gasteiger partial charge >= 0.3 is 0 Å². The molecule has 0 spiro atoms. The Bertz CT molecular complexity index is 206. The Morgan fingerprint density at radius 1 is 1.45 bits per heavy atom. The molecule has 0 saturated heterocycles. The highest BCUT2D eigenvalue weighted by Crippen LogP contribution is 2.10. The molecule has 3 heteroatoms. The van der Waals surface area contributed by atoms with Crippen LogP contribution in [0.3, 0.4) is 0 Å². The summed E-state index contributed by atoms with van der Waals surface area (Å²) in [6.45, 7) is 5.24. The van der Waals surface area contributed by atoms with Gasteiger partial charge in [0, 0.05) is 17.1 Å². The predicted molar refractivity (Wildman–Crippen MR) is 50.3 cm³/mol. The highest BCUT2D eigenvalue weighted by atomic mass is 79.9. The van der Waals surface area contributed by atoms with Crippen molar-refractivity contribution in [1.82, 2.24) is 5.32 Å². The Hall–Kier alpha value is -0.570. The molecule has 0 fully saturated rings. The van der Waals surface area contributed by atoms with E-state index < -0.39 is 0 Å². The summed E-state index contributed by atoms with van der Waals surface area (Å²) in [5.74, 6) is -0.0519. The molecule has 11 heavy (non-hydrogen) atoms. The molecule has 0 aliphatic carbocycles. The number of halogens is 1. The van der Waals surface area contributed by atoms with E-state index >= 15 is 0 Å². The highest BCUT2D eigenvalue weighted by Gasteiger charge is 1.95. The summed E-state index contributed by atoms with van der Waals surface area (Å²) in [5.41, 5.74) is 0.829. The van der Waals surface area contributed by atoms with Gasteiger partial charge in [0.25, 0.3) is 0 Å². The second kappa shape index (κ2) is 5.13. The Labute approximate surface area is 75.5 Å². The molecular weight excluding hydrogens is 206 g/mol. The van der Waals surface area contributed by atoms with Gasteiger partial charge in [-0.05, 0) is 29.8 Å². The fourth-order valence-electron chi connectivity index (χ4n) is 0.595. The highest BCUT2D eigenvalue weighted by molar-refractivity contribution is 9.11. The van der Waals surface area contributed by atoms with Crippen molar-refractivity contribution in [2.75, 3.05) is 0 Å². The normalized spacial score (nSPS) is 13.1. The smallest absolute Gasteiger partial charge is 0.221 e. The number of hydrogen-bond donors (Lipinski definition) is 1. The first-order valence-corrected chi connectivity index (χ1v) is 4.14. The summed E-state index contributed by atoms with van der Waals surface area (Å²) >= 11 is 3.31. The molecule has 0 atom stereocenters. The molecule has 62 valence electrons. The fraction of sp³-hybridized carbons (Fsp3) is 0.375. The number of hydrogen-bond acceptors (Lipinski definition) is 1. The SMILES string of the molecule is CC=CC(Br)=C(C)NC(C)=O. The van der Waals surface area contributed by atoms with Gasteiger partial charge in [0.05, 0.1) is 0 Å². The maximum atomic E-state index is 10.6. The van der Waals surface area contributed by atoms with E-state index in [1.165, 1.54) is 6.92 Å². The van der Waals surface area contributed by atoms with Gasteiger partial charge in [0.2, 0.25) is 5.91 Å². The lowest BCUT2D eigenvalue weighted by molar-refractivity contribution is -0.118. The molecule has 0 heterocycles. The van der Waals surface area contributed by atoms with E-state index in [9.17, 15) is 4.79 Å². The van der Waals surface area contributed by atoms with Crippen molar-refractivity contribution in [2.45, 2.75) is 20.8 Å². The minimum absolute atomic E-state index is 0.0519. The molecule has 0 aromatic carbocycles. The van der Waals surface area contributed by atoms with Crippen molar-refractivity contribution in [3.05, 3.63) is 22.3 Å². The molecule has 0 aromatic rings. The molecule has 0 bridgehead atoms. The molecule has 0 aliphatic heterocycles.